The smallest absolute Gasteiger partial charge is 0.0627 e. The Morgan fingerprint density at radius 3 is 2.11 bits per heavy atom. The normalized spacial score (nSPS) is 8.78. The molecule has 0 N–H and O–H groups in total. The summed E-state index contributed by atoms with van der Waals surface area (Å²) in [6.45, 7) is 0. The summed E-state index contributed by atoms with van der Waals surface area (Å²) < 4.78 is 10.5. The molecule has 0 saturated heterocycles. The first-order valence-electron chi connectivity index (χ1n) is 2.52. The third-order valence-corrected chi connectivity index (χ3v) is 1.71. The van der Waals surface area contributed by atoms with Crippen molar-refractivity contribution in [2.24, 2.45) is 0 Å². The van der Waals surface area contributed by atoms with Gasteiger partial charge in [0.25, 0.3) is 0 Å². The summed E-state index contributed by atoms with van der Waals surface area (Å²) in [5.41, 5.74) is 5.09. The molecule has 0 spiro atoms. The molecule has 0 aliphatic carbocycles. The lowest BCUT2D eigenvalue weighted by Gasteiger charge is -1.83. The second-order valence-electron chi connectivity index (χ2n) is 1.61. The van der Waals surface area contributed by atoms with Gasteiger partial charge in [-0.2, -0.15) is 0 Å². The number of rotatable bonds is 0. The molecule has 46 valence electrons. The van der Waals surface area contributed by atoms with Crippen molar-refractivity contribution in [1.29, 1.82) is 0 Å². The van der Waals surface area contributed by atoms with Crippen LogP contribution in [-0.2, 0) is 10.2 Å². The highest BCUT2D eigenvalue weighted by Crippen LogP contribution is 1.96. The summed E-state index contributed by atoms with van der Waals surface area (Å²) in [5, 5.41) is 0. The van der Waals surface area contributed by atoms with Gasteiger partial charge in [-0.15, -0.1) is 0 Å². The molecule has 0 amide bonds. The SMILES string of the molecule is C#S(=O)c1ccccc1. The fourth-order valence-electron chi connectivity index (χ4n) is 0.555. The van der Waals surface area contributed by atoms with Crippen LogP contribution in [0.4, 0.5) is 0 Å². The van der Waals surface area contributed by atoms with Crippen molar-refractivity contribution in [3.63, 3.8) is 0 Å². The van der Waals surface area contributed by atoms with Crippen LogP contribution in [0.15, 0.2) is 35.2 Å². The Morgan fingerprint density at radius 2 is 1.78 bits per heavy atom. The molecule has 1 aromatic rings. The Kier molecular flexibility index (Phi) is 1.73. The van der Waals surface area contributed by atoms with Crippen LogP contribution in [0.5, 0.6) is 0 Å². The minimum Gasteiger partial charge on any atom is -0.217 e. The average Bonchev–Trinajstić information content (AvgIpc) is 1.90. The van der Waals surface area contributed by atoms with Crippen LogP contribution in [-0.4, -0.2) is 4.21 Å². The summed E-state index contributed by atoms with van der Waals surface area (Å²) >= 11 is 0. The van der Waals surface area contributed by atoms with Crippen molar-refractivity contribution in [2.45, 2.75) is 4.90 Å². The molecular formula is C7H6OS. The van der Waals surface area contributed by atoms with Gasteiger partial charge in [0.15, 0.2) is 0 Å². The van der Waals surface area contributed by atoms with Gasteiger partial charge in [0.05, 0.1) is 15.1 Å². The molecule has 1 rings (SSSR count). The Labute approximate surface area is 56.0 Å². The minimum absolute atomic E-state index is 0.664. The van der Waals surface area contributed by atoms with Crippen LogP contribution < -0.4 is 0 Å². The fraction of sp³-hybridized carbons (Fsp3) is 0. The maximum atomic E-state index is 10.5. The highest BCUT2D eigenvalue weighted by Gasteiger charge is 1.83. The molecule has 0 bridgehead atoms. The predicted octanol–water partition coefficient (Wildman–Crippen LogP) is 1.38. The highest BCUT2D eigenvalue weighted by molar-refractivity contribution is 7.73. The molecule has 9 heavy (non-hydrogen) atoms. The topological polar surface area (TPSA) is 17.1 Å². The quantitative estimate of drug-likeness (QED) is 0.529. The van der Waals surface area contributed by atoms with E-state index in [0.717, 1.165) is 0 Å². The fourth-order valence-corrected chi connectivity index (χ4v) is 0.980. The molecule has 0 aliphatic rings. The van der Waals surface area contributed by atoms with Gasteiger partial charge >= 0.3 is 0 Å². The lowest BCUT2D eigenvalue weighted by Crippen LogP contribution is -1.71. The van der Waals surface area contributed by atoms with Crippen molar-refractivity contribution in [2.75, 3.05) is 0 Å². The maximum Gasteiger partial charge on any atom is 0.0627 e. The number of benzene rings is 1. The summed E-state index contributed by atoms with van der Waals surface area (Å²) in [5.74, 6) is 0. The van der Waals surface area contributed by atoms with Crippen LogP contribution >= 0.6 is 0 Å². The number of hydrogen-bond acceptors (Lipinski definition) is 1. The molecule has 0 unspecified atom stereocenters. The molecule has 0 saturated carbocycles. The van der Waals surface area contributed by atoms with Gasteiger partial charge in [0.1, 0.15) is 0 Å². The zero-order valence-corrected chi connectivity index (χ0v) is 5.60. The van der Waals surface area contributed by atoms with Gasteiger partial charge < -0.3 is 0 Å². The first kappa shape index (κ1) is 6.14. The molecule has 0 atom stereocenters. The molecule has 2 heteroatoms. The van der Waals surface area contributed by atoms with E-state index in [4.69, 9.17) is 5.69 Å². The standard InChI is InChI=1S/C7H6OS/c1-9(8)7-5-3-2-4-6-7/h1-6H. The maximum absolute atomic E-state index is 10.5. The monoisotopic (exact) mass is 138 g/mol. The van der Waals surface area contributed by atoms with E-state index in [9.17, 15) is 4.21 Å². The van der Waals surface area contributed by atoms with E-state index in [0.29, 0.717) is 4.90 Å². The molecular weight excluding hydrogens is 132 g/mol. The van der Waals surface area contributed by atoms with Gasteiger partial charge in [-0.05, 0) is 12.1 Å². The summed E-state index contributed by atoms with van der Waals surface area (Å²) in [7, 11) is -1.33. The molecule has 0 aliphatic heterocycles. The Hall–Kier alpha value is -0.980. The highest BCUT2D eigenvalue weighted by atomic mass is 32.2. The second kappa shape index (κ2) is 2.53. The van der Waals surface area contributed by atoms with Crippen LogP contribution in [0.3, 0.4) is 0 Å². The van der Waals surface area contributed by atoms with Crippen molar-refractivity contribution in [3.8, 4) is 5.69 Å². The van der Waals surface area contributed by atoms with Crippen molar-refractivity contribution < 1.29 is 4.21 Å². The lowest BCUT2D eigenvalue weighted by molar-refractivity contribution is 0.692. The van der Waals surface area contributed by atoms with E-state index >= 15 is 0 Å². The van der Waals surface area contributed by atoms with Crippen LogP contribution in [0.1, 0.15) is 0 Å². The third-order valence-electron chi connectivity index (χ3n) is 0.976. The van der Waals surface area contributed by atoms with E-state index in [1.54, 1.807) is 24.3 Å². The Morgan fingerprint density at radius 1 is 1.22 bits per heavy atom. The summed E-state index contributed by atoms with van der Waals surface area (Å²) in [6.07, 6.45) is 0. The first-order valence-corrected chi connectivity index (χ1v) is 3.73. The first-order chi connectivity index (χ1) is 4.30. The number of hydrogen-bond donors (Lipinski definition) is 0. The zero-order valence-electron chi connectivity index (χ0n) is 4.78. The lowest BCUT2D eigenvalue weighted by atomic mass is 10.4. The Balaban J connectivity index is 3.18. The Bertz CT molecular complexity index is 296. The van der Waals surface area contributed by atoms with Crippen LogP contribution in [0, 0.1) is 5.69 Å². The van der Waals surface area contributed by atoms with E-state index in [1.807, 2.05) is 6.07 Å². The molecule has 1 aromatic carbocycles. The van der Waals surface area contributed by atoms with Gasteiger partial charge in [-0.3, -0.25) is 0 Å². The van der Waals surface area contributed by atoms with E-state index in [-0.39, 0.29) is 0 Å². The van der Waals surface area contributed by atoms with Gasteiger partial charge in [-0.25, -0.2) is 4.21 Å². The summed E-state index contributed by atoms with van der Waals surface area (Å²) in [6, 6.07) is 8.93. The molecule has 0 fully saturated rings. The molecule has 0 radical (unpaired) electrons. The van der Waals surface area contributed by atoms with Crippen molar-refractivity contribution in [1.82, 2.24) is 0 Å². The van der Waals surface area contributed by atoms with Crippen LogP contribution in [0.2, 0.25) is 0 Å². The minimum atomic E-state index is -1.33. The van der Waals surface area contributed by atoms with Crippen molar-refractivity contribution >= 4 is 10.2 Å². The molecule has 0 aromatic heterocycles. The second-order valence-corrected chi connectivity index (χ2v) is 2.68. The van der Waals surface area contributed by atoms with Crippen LogP contribution in [0.25, 0.3) is 0 Å². The summed E-state index contributed by atoms with van der Waals surface area (Å²) in [4.78, 5) is 0.664. The molecule has 1 nitrogen and oxygen atoms in total. The van der Waals surface area contributed by atoms with Crippen molar-refractivity contribution in [3.05, 3.63) is 30.3 Å². The zero-order chi connectivity index (χ0) is 6.69. The van der Waals surface area contributed by atoms with Gasteiger partial charge in [0, 0.05) is 0 Å². The van der Waals surface area contributed by atoms with E-state index < -0.39 is 10.2 Å². The van der Waals surface area contributed by atoms with Gasteiger partial charge in [-0.1, -0.05) is 23.9 Å². The molecule has 0 heterocycles. The largest absolute Gasteiger partial charge is 0.217 e. The van der Waals surface area contributed by atoms with E-state index in [2.05, 4.69) is 0 Å². The van der Waals surface area contributed by atoms with E-state index in [1.165, 1.54) is 0 Å². The third kappa shape index (κ3) is 1.46. The van der Waals surface area contributed by atoms with Gasteiger partial charge in [0.2, 0.25) is 0 Å². The predicted molar refractivity (Wildman–Crippen MR) is 37.8 cm³/mol. The average molecular weight is 138 g/mol.